The Morgan fingerprint density at radius 1 is 0.970 bits per heavy atom. The Labute approximate surface area is 195 Å². The van der Waals surface area contributed by atoms with Crippen LogP contribution in [0, 0.1) is 0 Å². The summed E-state index contributed by atoms with van der Waals surface area (Å²) in [5.41, 5.74) is 1.62. The number of hydrogen-bond acceptors (Lipinski definition) is 4. The van der Waals surface area contributed by atoms with Gasteiger partial charge in [-0.15, -0.1) is 0 Å². The molecule has 1 aromatic carbocycles. The average molecular weight is 454 g/mol. The number of nitrogens with one attached hydrogen (secondary N) is 3. The Morgan fingerprint density at radius 2 is 1.64 bits per heavy atom. The first kappa shape index (κ1) is 22.2. The number of imide groups is 1. The zero-order valence-electron chi connectivity index (χ0n) is 19.3. The van der Waals surface area contributed by atoms with E-state index in [1.54, 1.807) is 0 Å². The van der Waals surface area contributed by atoms with E-state index < -0.39 is 5.54 Å². The molecular formula is C25H35N5O3. The number of urea groups is 2. The largest absolute Gasteiger partial charge is 0.335 e. The molecule has 8 nitrogen and oxygen atoms in total. The molecule has 2 saturated heterocycles. The molecule has 2 heterocycles. The van der Waals surface area contributed by atoms with Gasteiger partial charge in [0.05, 0.1) is 6.67 Å². The van der Waals surface area contributed by atoms with E-state index >= 15 is 0 Å². The van der Waals surface area contributed by atoms with Gasteiger partial charge >= 0.3 is 12.1 Å². The van der Waals surface area contributed by atoms with E-state index in [9.17, 15) is 14.4 Å². The van der Waals surface area contributed by atoms with Gasteiger partial charge in [0.1, 0.15) is 5.54 Å². The molecule has 1 atom stereocenters. The summed E-state index contributed by atoms with van der Waals surface area (Å²) in [6, 6.07) is 8.27. The first-order valence-corrected chi connectivity index (χ1v) is 12.5. The second-order valence-corrected chi connectivity index (χ2v) is 10.2. The molecule has 3 N–H and O–H groups in total. The third kappa shape index (κ3) is 4.71. The van der Waals surface area contributed by atoms with Gasteiger partial charge in [0.25, 0.3) is 5.91 Å². The molecule has 4 aliphatic rings. The van der Waals surface area contributed by atoms with Crippen LogP contribution in [0.5, 0.6) is 0 Å². The normalized spacial score (nSPS) is 26.8. The van der Waals surface area contributed by atoms with Crippen molar-refractivity contribution in [3.8, 4) is 0 Å². The zero-order valence-corrected chi connectivity index (χ0v) is 19.3. The minimum Gasteiger partial charge on any atom is -0.335 e. The van der Waals surface area contributed by atoms with Crippen molar-refractivity contribution in [3.63, 3.8) is 0 Å². The van der Waals surface area contributed by atoms with Gasteiger partial charge in [-0.05, 0) is 49.7 Å². The van der Waals surface area contributed by atoms with Crippen molar-refractivity contribution in [2.24, 2.45) is 0 Å². The SMILES string of the molecule is O=C(NC1CCCCC1)NC1CCN(CN2C(=O)NC3(CCc4ccccc4C3)C2=O)CC1. The topological polar surface area (TPSA) is 93.8 Å². The van der Waals surface area contributed by atoms with Crippen LogP contribution in [0.15, 0.2) is 24.3 Å². The summed E-state index contributed by atoms with van der Waals surface area (Å²) >= 11 is 0. The van der Waals surface area contributed by atoms with E-state index in [4.69, 9.17) is 0 Å². The van der Waals surface area contributed by atoms with Gasteiger partial charge < -0.3 is 16.0 Å². The Balaban J connectivity index is 1.11. The van der Waals surface area contributed by atoms with E-state index in [2.05, 4.69) is 33.0 Å². The molecule has 8 heteroatoms. The molecule has 0 aromatic heterocycles. The molecule has 0 bridgehead atoms. The van der Waals surface area contributed by atoms with E-state index in [0.717, 1.165) is 50.8 Å². The molecule has 2 aliphatic heterocycles. The summed E-state index contributed by atoms with van der Waals surface area (Å²) in [7, 11) is 0. The summed E-state index contributed by atoms with van der Waals surface area (Å²) in [4.78, 5) is 41.9. The van der Waals surface area contributed by atoms with Gasteiger partial charge in [0, 0.05) is 31.6 Å². The fraction of sp³-hybridized carbons (Fsp3) is 0.640. The predicted octanol–water partition coefficient (Wildman–Crippen LogP) is 2.52. The number of rotatable bonds is 4. The lowest BCUT2D eigenvalue weighted by Crippen LogP contribution is -2.53. The Kier molecular flexibility index (Phi) is 6.27. The minimum absolute atomic E-state index is 0.0611. The van der Waals surface area contributed by atoms with Crippen molar-refractivity contribution in [2.75, 3.05) is 19.8 Å². The fourth-order valence-corrected chi connectivity index (χ4v) is 5.91. The maximum absolute atomic E-state index is 13.3. The number of hydrogen-bond donors (Lipinski definition) is 3. The number of carbonyl (C=O) groups excluding carboxylic acids is 3. The summed E-state index contributed by atoms with van der Waals surface area (Å²) in [5.74, 6) is -0.103. The van der Waals surface area contributed by atoms with Crippen molar-refractivity contribution in [1.29, 1.82) is 0 Å². The Bertz CT molecular complexity index is 907. The van der Waals surface area contributed by atoms with Crippen LogP contribution < -0.4 is 16.0 Å². The van der Waals surface area contributed by atoms with Crippen LogP contribution in [-0.2, 0) is 17.6 Å². The third-order valence-electron chi connectivity index (χ3n) is 7.88. The van der Waals surface area contributed by atoms with Gasteiger partial charge in [0.15, 0.2) is 0 Å². The highest BCUT2D eigenvalue weighted by molar-refractivity contribution is 6.07. The van der Waals surface area contributed by atoms with Crippen LogP contribution >= 0.6 is 0 Å². The number of aryl methyl sites for hydroxylation is 1. The summed E-state index contributed by atoms with van der Waals surface area (Å²) in [5, 5.41) is 9.25. The monoisotopic (exact) mass is 453 g/mol. The smallest absolute Gasteiger partial charge is 0.326 e. The fourth-order valence-electron chi connectivity index (χ4n) is 5.91. The zero-order chi connectivity index (χ0) is 22.8. The summed E-state index contributed by atoms with van der Waals surface area (Å²) in [6.45, 7) is 1.82. The maximum Gasteiger partial charge on any atom is 0.326 e. The van der Waals surface area contributed by atoms with E-state index in [0.29, 0.717) is 25.6 Å². The number of amides is 5. The standard InChI is InChI=1S/C25H35N5O3/c31-22-25(13-10-18-6-4-5-7-19(18)16-25)28-24(33)30(22)17-29-14-11-21(12-15-29)27-23(32)26-20-8-2-1-3-9-20/h4-7,20-21H,1-3,8-17H2,(H,28,33)(H2,26,27,32). The van der Waals surface area contributed by atoms with Crippen molar-refractivity contribution in [3.05, 3.63) is 35.4 Å². The van der Waals surface area contributed by atoms with Gasteiger partial charge in [-0.25, -0.2) is 14.5 Å². The third-order valence-corrected chi connectivity index (χ3v) is 7.88. The second kappa shape index (κ2) is 9.33. The minimum atomic E-state index is -0.803. The number of nitrogens with zero attached hydrogens (tertiary/aromatic N) is 2. The number of fused-ring (bicyclic) bond motifs is 1. The van der Waals surface area contributed by atoms with Crippen molar-refractivity contribution in [2.45, 2.75) is 81.8 Å². The maximum atomic E-state index is 13.3. The molecular weight excluding hydrogens is 418 g/mol. The second-order valence-electron chi connectivity index (χ2n) is 10.2. The van der Waals surface area contributed by atoms with Gasteiger partial charge in [-0.2, -0.15) is 0 Å². The van der Waals surface area contributed by atoms with Gasteiger partial charge in [0.2, 0.25) is 0 Å². The first-order chi connectivity index (χ1) is 16.0. The number of likely N-dealkylation sites (tertiary alicyclic amines) is 1. The lowest BCUT2D eigenvalue weighted by molar-refractivity contribution is -0.133. The lowest BCUT2D eigenvalue weighted by Gasteiger charge is -2.35. The molecule has 2 aliphatic carbocycles. The van der Waals surface area contributed by atoms with Crippen LogP contribution in [0.3, 0.4) is 0 Å². The first-order valence-electron chi connectivity index (χ1n) is 12.5. The molecule has 3 fully saturated rings. The van der Waals surface area contributed by atoms with Crippen LogP contribution in [0.2, 0.25) is 0 Å². The summed E-state index contributed by atoms with van der Waals surface area (Å²) < 4.78 is 0. The molecule has 178 valence electrons. The van der Waals surface area contributed by atoms with E-state index in [1.165, 1.54) is 29.7 Å². The molecule has 5 amide bonds. The lowest BCUT2D eigenvalue weighted by atomic mass is 9.78. The molecule has 33 heavy (non-hydrogen) atoms. The Morgan fingerprint density at radius 3 is 2.36 bits per heavy atom. The number of piperidine rings is 1. The van der Waals surface area contributed by atoms with Crippen molar-refractivity contribution < 1.29 is 14.4 Å². The molecule has 0 radical (unpaired) electrons. The van der Waals surface area contributed by atoms with Crippen LogP contribution in [0.4, 0.5) is 9.59 Å². The van der Waals surface area contributed by atoms with Crippen molar-refractivity contribution >= 4 is 18.0 Å². The van der Waals surface area contributed by atoms with Crippen LogP contribution in [0.25, 0.3) is 0 Å². The van der Waals surface area contributed by atoms with Crippen LogP contribution in [-0.4, -0.2) is 65.2 Å². The number of benzene rings is 1. The quantitative estimate of drug-likeness (QED) is 0.611. The highest BCUT2D eigenvalue weighted by atomic mass is 16.2. The molecule has 1 unspecified atom stereocenters. The predicted molar refractivity (Wildman–Crippen MR) is 125 cm³/mol. The average Bonchev–Trinajstić information content (AvgIpc) is 3.04. The molecule has 1 spiro atoms. The highest BCUT2D eigenvalue weighted by Gasteiger charge is 2.52. The molecule has 1 saturated carbocycles. The van der Waals surface area contributed by atoms with Gasteiger partial charge in [-0.3, -0.25) is 9.69 Å². The highest BCUT2D eigenvalue weighted by Crippen LogP contribution is 2.33. The Hall–Kier alpha value is -2.61. The van der Waals surface area contributed by atoms with Gasteiger partial charge in [-0.1, -0.05) is 43.5 Å². The number of carbonyl (C=O) groups is 3. The summed E-state index contributed by atoms with van der Waals surface area (Å²) in [6.07, 6.45) is 9.45. The molecule has 5 rings (SSSR count). The molecule has 1 aromatic rings. The van der Waals surface area contributed by atoms with E-state index in [-0.39, 0.29) is 24.0 Å². The van der Waals surface area contributed by atoms with Crippen molar-refractivity contribution in [1.82, 2.24) is 25.8 Å². The van der Waals surface area contributed by atoms with Crippen LogP contribution in [0.1, 0.15) is 62.5 Å². The van der Waals surface area contributed by atoms with E-state index in [1.807, 2.05) is 12.1 Å².